The Labute approximate surface area is 116 Å². The largest absolute Gasteiger partial charge is 0.416 e. The highest BCUT2D eigenvalue weighted by Crippen LogP contribution is 2.29. The van der Waals surface area contributed by atoms with Crippen molar-refractivity contribution in [2.75, 3.05) is 20.1 Å². The van der Waals surface area contributed by atoms with Gasteiger partial charge in [-0.1, -0.05) is 11.6 Å². The molecule has 1 aliphatic rings. The average Bonchev–Trinajstić information content (AvgIpc) is 2.40. The third-order valence-corrected chi connectivity index (χ3v) is 3.17. The summed E-state index contributed by atoms with van der Waals surface area (Å²) in [5.41, 5.74) is -0.679. The number of rotatable bonds is 1. The minimum Gasteiger partial charge on any atom is -0.317 e. The molecule has 0 atom stereocenters. The molecule has 1 aliphatic heterocycles. The summed E-state index contributed by atoms with van der Waals surface area (Å²) in [6.07, 6.45) is -1.70. The standard InChI is InChI=1S/C7H4ClF3.C6H14N2/c8-6-3-1-5(2-4-6)7(9,10)11;1-7-6-2-4-8-5-3-6/h1-4H;6-8H,2-5H2,1H3. The second-order valence-corrected chi connectivity index (χ2v) is 4.75. The van der Waals surface area contributed by atoms with Crippen molar-refractivity contribution in [1.29, 1.82) is 0 Å². The molecule has 2 N–H and O–H groups in total. The minimum atomic E-state index is -4.27. The highest BCUT2D eigenvalue weighted by molar-refractivity contribution is 6.30. The van der Waals surface area contributed by atoms with Gasteiger partial charge in [0, 0.05) is 11.1 Å². The lowest BCUT2D eigenvalue weighted by Crippen LogP contribution is -2.37. The van der Waals surface area contributed by atoms with E-state index in [2.05, 4.69) is 10.6 Å². The number of hydrogen-bond donors (Lipinski definition) is 2. The van der Waals surface area contributed by atoms with Gasteiger partial charge in [-0.3, -0.25) is 0 Å². The van der Waals surface area contributed by atoms with E-state index in [1.54, 1.807) is 0 Å². The molecule has 0 aliphatic carbocycles. The van der Waals surface area contributed by atoms with Crippen molar-refractivity contribution in [1.82, 2.24) is 10.6 Å². The molecule has 2 rings (SSSR count). The SMILES string of the molecule is CNC1CCNCC1.FC(F)(F)c1ccc(Cl)cc1. The van der Waals surface area contributed by atoms with Crippen molar-refractivity contribution in [3.63, 3.8) is 0 Å². The molecular formula is C13H18ClF3N2. The quantitative estimate of drug-likeness (QED) is 0.830. The summed E-state index contributed by atoms with van der Waals surface area (Å²) in [4.78, 5) is 0. The van der Waals surface area contributed by atoms with E-state index in [1.807, 2.05) is 7.05 Å². The van der Waals surface area contributed by atoms with E-state index >= 15 is 0 Å². The van der Waals surface area contributed by atoms with E-state index in [4.69, 9.17) is 11.6 Å². The van der Waals surface area contributed by atoms with Gasteiger partial charge >= 0.3 is 6.18 Å². The Balaban J connectivity index is 0.000000200. The molecule has 0 unspecified atom stereocenters. The molecule has 1 aromatic rings. The van der Waals surface area contributed by atoms with Crippen LogP contribution in [-0.4, -0.2) is 26.2 Å². The van der Waals surface area contributed by atoms with Gasteiger partial charge in [-0.2, -0.15) is 13.2 Å². The third-order valence-electron chi connectivity index (χ3n) is 2.92. The van der Waals surface area contributed by atoms with Crippen LogP contribution in [0.1, 0.15) is 18.4 Å². The van der Waals surface area contributed by atoms with Crippen LogP contribution in [0.25, 0.3) is 0 Å². The molecule has 1 fully saturated rings. The molecule has 2 nitrogen and oxygen atoms in total. The molecular weight excluding hydrogens is 277 g/mol. The van der Waals surface area contributed by atoms with E-state index in [1.165, 1.54) is 38.1 Å². The van der Waals surface area contributed by atoms with Crippen LogP contribution in [0, 0.1) is 0 Å². The van der Waals surface area contributed by atoms with Gasteiger partial charge in [0.1, 0.15) is 0 Å². The Bertz CT molecular complexity index is 359. The molecule has 0 amide bonds. The highest BCUT2D eigenvalue weighted by Gasteiger charge is 2.29. The van der Waals surface area contributed by atoms with Crippen LogP contribution in [-0.2, 0) is 6.18 Å². The lowest BCUT2D eigenvalue weighted by atomic mass is 10.1. The predicted octanol–water partition coefficient (Wildman–Crippen LogP) is 3.32. The van der Waals surface area contributed by atoms with Crippen molar-refractivity contribution in [2.24, 2.45) is 0 Å². The Morgan fingerprint density at radius 1 is 1.16 bits per heavy atom. The third kappa shape index (κ3) is 6.27. The molecule has 1 aromatic carbocycles. The number of halogens is 4. The van der Waals surface area contributed by atoms with Crippen LogP contribution in [0.15, 0.2) is 24.3 Å². The van der Waals surface area contributed by atoms with Gasteiger partial charge in [-0.15, -0.1) is 0 Å². The predicted molar refractivity (Wildman–Crippen MR) is 71.4 cm³/mol. The minimum absolute atomic E-state index is 0.304. The summed E-state index contributed by atoms with van der Waals surface area (Å²) < 4.78 is 35.6. The Hall–Kier alpha value is -0.780. The lowest BCUT2D eigenvalue weighted by molar-refractivity contribution is -0.137. The number of benzene rings is 1. The van der Waals surface area contributed by atoms with E-state index in [-0.39, 0.29) is 0 Å². The Kier molecular flexibility index (Phi) is 6.62. The van der Waals surface area contributed by atoms with Gasteiger partial charge in [0.25, 0.3) is 0 Å². The van der Waals surface area contributed by atoms with Gasteiger partial charge in [-0.25, -0.2) is 0 Å². The molecule has 1 saturated heterocycles. The molecule has 0 saturated carbocycles. The molecule has 0 bridgehead atoms. The topological polar surface area (TPSA) is 24.1 Å². The molecule has 0 radical (unpaired) electrons. The van der Waals surface area contributed by atoms with Gasteiger partial charge in [0.15, 0.2) is 0 Å². The molecule has 0 aromatic heterocycles. The first-order valence-corrected chi connectivity index (χ1v) is 6.52. The van der Waals surface area contributed by atoms with Crippen LogP contribution >= 0.6 is 11.6 Å². The van der Waals surface area contributed by atoms with E-state index in [0.29, 0.717) is 5.02 Å². The highest BCUT2D eigenvalue weighted by atomic mass is 35.5. The second kappa shape index (κ2) is 7.72. The fraction of sp³-hybridized carbons (Fsp3) is 0.538. The van der Waals surface area contributed by atoms with Crippen LogP contribution in [0.2, 0.25) is 5.02 Å². The lowest BCUT2D eigenvalue weighted by Gasteiger charge is -2.21. The smallest absolute Gasteiger partial charge is 0.317 e. The maximum Gasteiger partial charge on any atom is 0.416 e. The van der Waals surface area contributed by atoms with Crippen LogP contribution in [0.3, 0.4) is 0 Å². The maximum atomic E-state index is 11.9. The number of alkyl halides is 3. The van der Waals surface area contributed by atoms with Gasteiger partial charge in [-0.05, 0) is 57.2 Å². The molecule has 108 valence electrons. The molecule has 0 spiro atoms. The summed E-state index contributed by atoms with van der Waals surface area (Å²) >= 11 is 5.39. The molecule has 6 heteroatoms. The first-order chi connectivity index (χ1) is 8.93. The van der Waals surface area contributed by atoms with E-state index < -0.39 is 11.7 Å². The van der Waals surface area contributed by atoms with Crippen LogP contribution in [0.4, 0.5) is 13.2 Å². The van der Waals surface area contributed by atoms with Gasteiger partial charge in [0.05, 0.1) is 5.56 Å². The van der Waals surface area contributed by atoms with Crippen molar-refractivity contribution < 1.29 is 13.2 Å². The summed E-state index contributed by atoms with van der Waals surface area (Å²) in [7, 11) is 2.04. The van der Waals surface area contributed by atoms with Crippen LogP contribution in [0.5, 0.6) is 0 Å². The van der Waals surface area contributed by atoms with Gasteiger partial charge < -0.3 is 10.6 Å². The number of hydrogen-bond acceptors (Lipinski definition) is 2. The Morgan fingerprint density at radius 2 is 1.68 bits per heavy atom. The number of nitrogens with one attached hydrogen (secondary N) is 2. The summed E-state index contributed by atoms with van der Waals surface area (Å²) in [6, 6.07) is 5.09. The summed E-state index contributed by atoms with van der Waals surface area (Å²) in [5, 5.41) is 6.88. The van der Waals surface area contributed by atoms with Crippen molar-refractivity contribution >= 4 is 11.6 Å². The fourth-order valence-electron chi connectivity index (χ4n) is 1.75. The first kappa shape index (κ1) is 16.3. The summed E-state index contributed by atoms with van der Waals surface area (Å²) in [6.45, 7) is 2.37. The van der Waals surface area contributed by atoms with Crippen LogP contribution < -0.4 is 10.6 Å². The normalized spacial score (nSPS) is 16.7. The van der Waals surface area contributed by atoms with E-state index in [9.17, 15) is 13.2 Å². The van der Waals surface area contributed by atoms with E-state index in [0.717, 1.165) is 18.2 Å². The average molecular weight is 295 g/mol. The number of piperidine rings is 1. The zero-order valence-corrected chi connectivity index (χ0v) is 11.5. The monoisotopic (exact) mass is 294 g/mol. The molecule has 1 heterocycles. The van der Waals surface area contributed by atoms with Crippen molar-refractivity contribution in [3.05, 3.63) is 34.9 Å². The fourth-order valence-corrected chi connectivity index (χ4v) is 1.88. The van der Waals surface area contributed by atoms with Crippen molar-refractivity contribution in [2.45, 2.75) is 25.1 Å². The second-order valence-electron chi connectivity index (χ2n) is 4.32. The molecule has 19 heavy (non-hydrogen) atoms. The maximum absolute atomic E-state index is 11.9. The Morgan fingerprint density at radius 3 is 2.05 bits per heavy atom. The van der Waals surface area contributed by atoms with Gasteiger partial charge in [0.2, 0.25) is 0 Å². The zero-order valence-electron chi connectivity index (χ0n) is 10.7. The zero-order chi connectivity index (χ0) is 14.3. The summed E-state index contributed by atoms with van der Waals surface area (Å²) in [5.74, 6) is 0. The van der Waals surface area contributed by atoms with Crippen molar-refractivity contribution in [3.8, 4) is 0 Å². The first-order valence-electron chi connectivity index (χ1n) is 6.14.